The van der Waals surface area contributed by atoms with Gasteiger partial charge in [-0.1, -0.05) is 0 Å². The summed E-state index contributed by atoms with van der Waals surface area (Å²) in [6.07, 6.45) is 4.17. The van der Waals surface area contributed by atoms with Crippen LogP contribution in [0.3, 0.4) is 0 Å². The maximum atomic E-state index is 10.1. The van der Waals surface area contributed by atoms with Gasteiger partial charge < -0.3 is 5.32 Å². The molecule has 0 spiro atoms. The minimum Gasteiger partial charge on any atom is -0.356 e. The Balaban J connectivity index is 2.39. The first-order chi connectivity index (χ1) is 5.14. The standard InChI is InChI=1S/C7H11Cl2NO/c8-7(9)3-1-2-6(4-7)10-5-11/h5-6H,1-4H2,(H,10,11). The Morgan fingerprint density at radius 2 is 2.27 bits per heavy atom. The van der Waals surface area contributed by atoms with Gasteiger partial charge in [0.2, 0.25) is 6.41 Å². The molecule has 1 rings (SSSR count). The minimum absolute atomic E-state index is 0.163. The highest BCUT2D eigenvalue weighted by Crippen LogP contribution is 2.37. The monoisotopic (exact) mass is 195 g/mol. The molecule has 0 bridgehead atoms. The minimum atomic E-state index is -0.626. The van der Waals surface area contributed by atoms with E-state index in [1.165, 1.54) is 0 Å². The number of rotatable bonds is 2. The van der Waals surface area contributed by atoms with Crippen molar-refractivity contribution in [2.45, 2.75) is 36.1 Å². The van der Waals surface area contributed by atoms with Crippen LogP contribution in [0, 0.1) is 0 Å². The third kappa shape index (κ3) is 2.88. The number of hydrogen-bond donors (Lipinski definition) is 1. The van der Waals surface area contributed by atoms with Crippen molar-refractivity contribution in [3.8, 4) is 0 Å². The third-order valence-electron chi connectivity index (χ3n) is 1.94. The number of carbonyl (C=O) groups is 1. The van der Waals surface area contributed by atoms with Gasteiger partial charge >= 0.3 is 0 Å². The van der Waals surface area contributed by atoms with Crippen molar-refractivity contribution >= 4 is 29.6 Å². The van der Waals surface area contributed by atoms with Crippen LogP contribution >= 0.6 is 23.2 Å². The van der Waals surface area contributed by atoms with E-state index in [-0.39, 0.29) is 6.04 Å². The van der Waals surface area contributed by atoms with Crippen LogP contribution in [0.1, 0.15) is 25.7 Å². The number of halogens is 2. The molecule has 0 saturated heterocycles. The lowest BCUT2D eigenvalue weighted by atomic mass is 9.95. The Labute approximate surface area is 76.2 Å². The molecule has 1 unspecified atom stereocenters. The summed E-state index contributed by atoms with van der Waals surface area (Å²) >= 11 is 11.8. The molecular formula is C7H11Cl2NO. The van der Waals surface area contributed by atoms with Gasteiger partial charge in [-0.15, -0.1) is 23.2 Å². The molecular weight excluding hydrogens is 185 g/mol. The van der Waals surface area contributed by atoms with Crippen LogP contribution in [0.25, 0.3) is 0 Å². The number of carbonyl (C=O) groups excluding carboxylic acids is 1. The number of hydrogen-bond acceptors (Lipinski definition) is 1. The predicted octanol–water partition coefficient (Wildman–Crippen LogP) is 1.85. The van der Waals surface area contributed by atoms with E-state index in [9.17, 15) is 4.79 Å². The second kappa shape index (κ2) is 3.63. The highest BCUT2D eigenvalue weighted by atomic mass is 35.5. The Morgan fingerprint density at radius 1 is 1.55 bits per heavy atom. The van der Waals surface area contributed by atoms with Crippen molar-refractivity contribution < 1.29 is 4.79 Å². The summed E-state index contributed by atoms with van der Waals surface area (Å²) in [7, 11) is 0. The van der Waals surface area contributed by atoms with Gasteiger partial charge in [-0.25, -0.2) is 0 Å². The van der Waals surface area contributed by atoms with E-state index in [0.717, 1.165) is 19.3 Å². The molecule has 1 aliphatic rings. The quantitative estimate of drug-likeness (QED) is 0.529. The summed E-state index contributed by atoms with van der Waals surface area (Å²) in [4.78, 5) is 10.1. The molecule has 0 aromatic carbocycles. The zero-order valence-corrected chi connectivity index (χ0v) is 7.66. The fraction of sp³-hybridized carbons (Fsp3) is 0.857. The van der Waals surface area contributed by atoms with Gasteiger partial charge in [0.05, 0.1) is 0 Å². The molecule has 0 aromatic rings. The zero-order valence-electron chi connectivity index (χ0n) is 6.15. The summed E-state index contributed by atoms with van der Waals surface area (Å²) < 4.78 is -0.626. The van der Waals surface area contributed by atoms with Crippen molar-refractivity contribution in [1.82, 2.24) is 5.32 Å². The summed E-state index contributed by atoms with van der Waals surface area (Å²) in [5.41, 5.74) is 0. The second-order valence-corrected chi connectivity index (χ2v) is 4.57. The molecule has 2 nitrogen and oxygen atoms in total. The topological polar surface area (TPSA) is 29.1 Å². The van der Waals surface area contributed by atoms with E-state index in [1.54, 1.807) is 0 Å². The summed E-state index contributed by atoms with van der Waals surface area (Å²) in [6, 6.07) is 0.163. The lowest BCUT2D eigenvalue weighted by Crippen LogP contribution is -2.37. The van der Waals surface area contributed by atoms with Crippen LogP contribution in [-0.2, 0) is 4.79 Å². The summed E-state index contributed by atoms with van der Waals surface area (Å²) in [6.45, 7) is 0. The average Bonchev–Trinajstić information content (AvgIpc) is 1.85. The van der Waals surface area contributed by atoms with Gasteiger partial charge in [-0.3, -0.25) is 4.79 Å². The maximum absolute atomic E-state index is 10.1. The SMILES string of the molecule is O=CNC1CCCC(Cl)(Cl)C1. The molecule has 0 aliphatic heterocycles. The number of amides is 1. The first-order valence-electron chi connectivity index (χ1n) is 3.71. The van der Waals surface area contributed by atoms with Gasteiger partial charge in [0.1, 0.15) is 4.33 Å². The molecule has 64 valence electrons. The molecule has 0 aromatic heterocycles. The van der Waals surface area contributed by atoms with Crippen molar-refractivity contribution in [3.63, 3.8) is 0 Å². The predicted molar refractivity (Wildman–Crippen MR) is 45.9 cm³/mol. The molecule has 1 fully saturated rings. The number of alkyl halides is 2. The molecule has 0 radical (unpaired) electrons. The zero-order chi connectivity index (χ0) is 8.32. The Hall–Kier alpha value is 0.0500. The van der Waals surface area contributed by atoms with E-state index in [1.807, 2.05) is 0 Å². The lowest BCUT2D eigenvalue weighted by Gasteiger charge is -2.30. The molecule has 4 heteroatoms. The van der Waals surface area contributed by atoms with Crippen LogP contribution in [0.4, 0.5) is 0 Å². The fourth-order valence-electron chi connectivity index (χ4n) is 1.41. The Kier molecular flexibility index (Phi) is 3.02. The molecule has 1 amide bonds. The van der Waals surface area contributed by atoms with Gasteiger partial charge in [0, 0.05) is 12.5 Å². The van der Waals surface area contributed by atoms with E-state index >= 15 is 0 Å². The van der Waals surface area contributed by atoms with E-state index in [2.05, 4.69) is 5.32 Å². The Bertz CT molecular complexity index is 149. The van der Waals surface area contributed by atoms with Crippen LogP contribution in [0.5, 0.6) is 0 Å². The molecule has 1 atom stereocenters. The van der Waals surface area contributed by atoms with Crippen LogP contribution in [-0.4, -0.2) is 16.8 Å². The smallest absolute Gasteiger partial charge is 0.207 e. The van der Waals surface area contributed by atoms with E-state index < -0.39 is 4.33 Å². The Morgan fingerprint density at radius 3 is 2.82 bits per heavy atom. The third-order valence-corrected chi connectivity index (χ3v) is 2.63. The largest absolute Gasteiger partial charge is 0.356 e. The first kappa shape index (κ1) is 9.14. The van der Waals surface area contributed by atoms with Crippen LogP contribution in [0.2, 0.25) is 0 Å². The van der Waals surface area contributed by atoms with Crippen molar-refractivity contribution in [2.24, 2.45) is 0 Å². The first-order valence-corrected chi connectivity index (χ1v) is 4.47. The molecule has 0 heterocycles. The van der Waals surface area contributed by atoms with Crippen molar-refractivity contribution in [1.29, 1.82) is 0 Å². The van der Waals surface area contributed by atoms with E-state index in [4.69, 9.17) is 23.2 Å². The summed E-state index contributed by atoms with van der Waals surface area (Å²) in [5.74, 6) is 0. The van der Waals surface area contributed by atoms with E-state index in [0.29, 0.717) is 12.8 Å². The van der Waals surface area contributed by atoms with Gasteiger partial charge in [-0.05, 0) is 19.3 Å². The summed E-state index contributed by atoms with van der Waals surface area (Å²) in [5, 5.41) is 2.69. The van der Waals surface area contributed by atoms with Gasteiger partial charge in [-0.2, -0.15) is 0 Å². The second-order valence-electron chi connectivity index (χ2n) is 2.93. The highest BCUT2D eigenvalue weighted by Gasteiger charge is 2.31. The average molecular weight is 196 g/mol. The highest BCUT2D eigenvalue weighted by molar-refractivity contribution is 6.48. The van der Waals surface area contributed by atoms with Gasteiger partial charge in [0.25, 0.3) is 0 Å². The van der Waals surface area contributed by atoms with Gasteiger partial charge in [0.15, 0.2) is 0 Å². The van der Waals surface area contributed by atoms with Crippen LogP contribution < -0.4 is 5.32 Å². The molecule has 1 saturated carbocycles. The van der Waals surface area contributed by atoms with Crippen molar-refractivity contribution in [2.75, 3.05) is 0 Å². The molecule has 11 heavy (non-hydrogen) atoms. The lowest BCUT2D eigenvalue weighted by molar-refractivity contribution is -0.110. The molecule has 1 N–H and O–H groups in total. The normalized spacial score (nSPS) is 29.5. The maximum Gasteiger partial charge on any atom is 0.207 e. The van der Waals surface area contributed by atoms with Crippen molar-refractivity contribution in [3.05, 3.63) is 0 Å². The fourth-order valence-corrected chi connectivity index (χ4v) is 2.05. The number of nitrogens with one attached hydrogen (secondary N) is 1. The van der Waals surface area contributed by atoms with Crippen LogP contribution in [0.15, 0.2) is 0 Å². The molecule has 1 aliphatic carbocycles.